The number of hydrogen-bond acceptors (Lipinski definition) is 5. The predicted octanol–water partition coefficient (Wildman–Crippen LogP) is 0.967. The minimum atomic E-state index is -0.617. The zero-order valence-corrected chi connectivity index (χ0v) is 11.7. The molecule has 3 N–H and O–H groups in total. The molecule has 0 radical (unpaired) electrons. The minimum Gasteiger partial charge on any atom is -0.358 e. The Hall–Kier alpha value is -1.96. The van der Waals surface area contributed by atoms with Gasteiger partial charge >= 0.3 is 17.5 Å². The Labute approximate surface area is 117 Å². The fourth-order valence-electron chi connectivity index (χ4n) is 1.83. The van der Waals surface area contributed by atoms with Gasteiger partial charge in [-0.3, -0.25) is 4.79 Å². The van der Waals surface area contributed by atoms with Crippen molar-refractivity contribution in [2.45, 2.75) is 32.1 Å². The van der Waals surface area contributed by atoms with Crippen molar-refractivity contribution in [1.82, 2.24) is 14.9 Å². The second-order valence-corrected chi connectivity index (χ2v) is 4.60. The Morgan fingerprint density at radius 2 is 2.05 bits per heavy atom. The molecule has 8 nitrogen and oxygen atoms in total. The molecule has 1 aromatic rings. The maximum absolute atomic E-state index is 11.8. The summed E-state index contributed by atoms with van der Waals surface area (Å²) in [5, 5.41) is 13.3. The summed E-state index contributed by atoms with van der Waals surface area (Å²) < 4.78 is 1.36. The van der Waals surface area contributed by atoms with Gasteiger partial charge in [-0.25, -0.2) is 0 Å². The highest BCUT2D eigenvalue weighted by Gasteiger charge is 2.22. The number of carbonyl (C=O) groups is 1. The summed E-state index contributed by atoms with van der Waals surface area (Å²) in [4.78, 5) is 25.4. The number of nitrogens with zero attached hydrogens (tertiary/aromatic N) is 3. The average Bonchev–Trinajstić information content (AvgIpc) is 2.80. The first kappa shape index (κ1) is 16.1. The van der Waals surface area contributed by atoms with E-state index in [1.54, 1.807) is 7.05 Å². The van der Waals surface area contributed by atoms with Crippen molar-refractivity contribution >= 4 is 11.7 Å². The molecule has 20 heavy (non-hydrogen) atoms. The van der Waals surface area contributed by atoms with Crippen LogP contribution in [0.2, 0.25) is 0 Å². The van der Waals surface area contributed by atoms with Crippen molar-refractivity contribution in [3.8, 4) is 0 Å². The lowest BCUT2D eigenvalue weighted by molar-refractivity contribution is -0.389. The molecule has 112 valence electrons. The molecule has 0 aromatic carbocycles. The monoisotopic (exact) mass is 283 g/mol. The van der Waals surface area contributed by atoms with Crippen molar-refractivity contribution in [2.24, 2.45) is 12.8 Å². The van der Waals surface area contributed by atoms with Gasteiger partial charge in [0.2, 0.25) is 0 Å². The molecule has 0 fully saturated rings. The van der Waals surface area contributed by atoms with E-state index in [9.17, 15) is 14.9 Å². The Kier molecular flexibility index (Phi) is 6.65. The van der Waals surface area contributed by atoms with E-state index in [2.05, 4.69) is 10.3 Å². The van der Waals surface area contributed by atoms with E-state index in [1.807, 2.05) is 0 Å². The van der Waals surface area contributed by atoms with Crippen molar-refractivity contribution in [3.05, 3.63) is 22.1 Å². The number of hydrogen-bond donors (Lipinski definition) is 2. The molecule has 0 saturated heterocycles. The lowest BCUT2D eigenvalue weighted by Gasteiger charge is -2.03. The molecule has 0 saturated carbocycles. The first-order valence-corrected chi connectivity index (χ1v) is 6.72. The van der Waals surface area contributed by atoms with E-state index < -0.39 is 4.92 Å². The van der Waals surface area contributed by atoms with Gasteiger partial charge in [0.25, 0.3) is 0 Å². The van der Waals surface area contributed by atoms with E-state index in [-0.39, 0.29) is 17.5 Å². The highest BCUT2D eigenvalue weighted by atomic mass is 16.6. The van der Waals surface area contributed by atoms with Gasteiger partial charge in [-0.05, 0) is 29.3 Å². The summed E-state index contributed by atoms with van der Waals surface area (Å²) in [5.74, 6) is -0.651. The SMILES string of the molecule is Cn1cc([N+](=O)[O-])nc1C(=O)NCCCCCCCN. The van der Waals surface area contributed by atoms with Gasteiger partial charge < -0.3 is 25.7 Å². The molecule has 0 unspecified atom stereocenters. The van der Waals surface area contributed by atoms with Crippen LogP contribution in [0.5, 0.6) is 0 Å². The molecular weight excluding hydrogens is 262 g/mol. The topological polar surface area (TPSA) is 116 Å². The molecule has 0 atom stereocenters. The lowest BCUT2D eigenvalue weighted by Crippen LogP contribution is -2.27. The maximum atomic E-state index is 11.8. The summed E-state index contributed by atoms with van der Waals surface area (Å²) in [6.07, 6.45) is 6.37. The second kappa shape index (κ2) is 8.26. The molecule has 0 aliphatic carbocycles. The Balaban J connectivity index is 2.31. The Morgan fingerprint density at radius 3 is 2.65 bits per heavy atom. The van der Waals surface area contributed by atoms with Crippen LogP contribution < -0.4 is 11.1 Å². The Morgan fingerprint density at radius 1 is 1.40 bits per heavy atom. The van der Waals surface area contributed by atoms with Crippen LogP contribution >= 0.6 is 0 Å². The van der Waals surface area contributed by atoms with Crippen LogP contribution in [-0.4, -0.2) is 33.5 Å². The highest BCUT2D eigenvalue weighted by Crippen LogP contribution is 2.09. The molecule has 0 bridgehead atoms. The Bertz CT molecular complexity index is 458. The van der Waals surface area contributed by atoms with Gasteiger partial charge in [-0.2, -0.15) is 0 Å². The van der Waals surface area contributed by atoms with Gasteiger partial charge in [0.1, 0.15) is 6.20 Å². The number of unbranched alkanes of at least 4 members (excludes halogenated alkanes) is 4. The molecular formula is C12H21N5O3. The van der Waals surface area contributed by atoms with Crippen molar-refractivity contribution in [2.75, 3.05) is 13.1 Å². The fourth-order valence-corrected chi connectivity index (χ4v) is 1.83. The predicted molar refractivity (Wildman–Crippen MR) is 74.3 cm³/mol. The third kappa shape index (κ3) is 4.96. The quantitative estimate of drug-likeness (QED) is 0.398. The van der Waals surface area contributed by atoms with Crippen LogP contribution in [0.3, 0.4) is 0 Å². The van der Waals surface area contributed by atoms with E-state index in [0.29, 0.717) is 13.1 Å². The van der Waals surface area contributed by atoms with Gasteiger partial charge in [0.15, 0.2) is 0 Å². The normalized spacial score (nSPS) is 10.5. The second-order valence-electron chi connectivity index (χ2n) is 4.60. The summed E-state index contributed by atoms with van der Waals surface area (Å²) in [6, 6.07) is 0. The number of nitrogens with two attached hydrogens (primary N) is 1. The lowest BCUT2D eigenvalue weighted by atomic mass is 10.1. The van der Waals surface area contributed by atoms with Crippen LogP contribution in [0, 0.1) is 10.1 Å². The van der Waals surface area contributed by atoms with Crippen LogP contribution in [-0.2, 0) is 7.05 Å². The zero-order chi connectivity index (χ0) is 15.0. The number of aromatic nitrogens is 2. The van der Waals surface area contributed by atoms with E-state index in [1.165, 1.54) is 10.8 Å². The maximum Gasteiger partial charge on any atom is 0.382 e. The summed E-state index contributed by atoms with van der Waals surface area (Å²) >= 11 is 0. The van der Waals surface area contributed by atoms with Gasteiger partial charge in [0, 0.05) is 13.6 Å². The molecule has 1 heterocycles. The fraction of sp³-hybridized carbons (Fsp3) is 0.667. The molecule has 0 aliphatic heterocycles. The van der Waals surface area contributed by atoms with Crippen LogP contribution in [0.15, 0.2) is 6.20 Å². The number of aryl methyl sites for hydroxylation is 1. The van der Waals surface area contributed by atoms with Crippen molar-refractivity contribution < 1.29 is 9.72 Å². The largest absolute Gasteiger partial charge is 0.382 e. The summed E-state index contributed by atoms with van der Waals surface area (Å²) in [6.45, 7) is 1.26. The summed E-state index contributed by atoms with van der Waals surface area (Å²) in [5.41, 5.74) is 5.40. The first-order chi connectivity index (χ1) is 9.56. The third-order valence-electron chi connectivity index (χ3n) is 2.92. The zero-order valence-electron chi connectivity index (χ0n) is 11.7. The number of nitrogens with one attached hydrogen (secondary N) is 1. The van der Waals surface area contributed by atoms with Gasteiger partial charge in [-0.1, -0.05) is 19.3 Å². The molecule has 8 heteroatoms. The number of rotatable bonds is 9. The van der Waals surface area contributed by atoms with E-state index in [4.69, 9.17) is 5.73 Å². The van der Waals surface area contributed by atoms with Gasteiger partial charge in [-0.15, -0.1) is 0 Å². The standard InChI is InChI=1S/C12H21N5O3/c1-16-9-10(17(19)20)15-11(16)12(18)14-8-6-4-2-3-5-7-13/h9H,2-8,13H2,1H3,(H,14,18). The number of imidazole rings is 1. The minimum absolute atomic E-state index is 0.0554. The molecule has 1 amide bonds. The third-order valence-corrected chi connectivity index (χ3v) is 2.92. The van der Waals surface area contributed by atoms with E-state index in [0.717, 1.165) is 32.1 Å². The molecule has 1 rings (SSSR count). The van der Waals surface area contributed by atoms with E-state index >= 15 is 0 Å². The van der Waals surface area contributed by atoms with Crippen molar-refractivity contribution in [3.63, 3.8) is 0 Å². The highest BCUT2D eigenvalue weighted by molar-refractivity contribution is 5.91. The number of nitro groups is 1. The van der Waals surface area contributed by atoms with Crippen LogP contribution in [0.1, 0.15) is 42.7 Å². The first-order valence-electron chi connectivity index (χ1n) is 6.72. The molecule has 0 spiro atoms. The summed E-state index contributed by atoms with van der Waals surface area (Å²) in [7, 11) is 1.56. The molecule has 0 aliphatic rings. The number of carbonyl (C=O) groups excluding carboxylic acids is 1. The van der Waals surface area contributed by atoms with Crippen LogP contribution in [0.4, 0.5) is 5.82 Å². The van der Waals surface area contributed by atoms with Crippen molar-refractivity contribution in [1.29, 1.82) is 0 Å². The average molecular weight is 283 g/mol. The number of amides is 1. The van der Waals surface area contributed by atoms with Crippen LogP contribution in [0.25, 0.3) is 0 Å². The molecule has 1 aromatic heterocycles. The van der Waals surface area contributed by atoms with Gasteiger partial charge in [0.05, 0.1) is 0 Å². The smallest absolute Gasteiger partial charge is 0.358 e.